The first kappa shape index (κ1) is 12.9. The maximum absolute atomic E-state index is 11.3. The molecule has 0 heterocycles. The molecule has 0 aliphatic heterocycles. The van der Waals surface area contributed by atoms with Crippen LogP contribution in [0, 0.1) is 5.92 Å². The van der Waals surface area contributed by atoms with Crippen LogP contribution in [0.4, 0.5) is 0 Å². The fraction of sp³-hybridized carbons (Fsp3) is 0.778. The van der Waals surface area contributed by atoms with E-state index in [4.69, 9.17) is 15.6 Å². The molecule has 0 aromatic heterocycles. The van der Waals surface area contributed by atoms with Gasteiger partial charge in [0.1, 0.15) is 5.60 Å². The number of nitrogens with two attached hydrogens (primary N) is 1. The van der Waals surface area contributed by atoms with Crippen LogP contribution in [0.5, 0.6) is 0 Å². The van der Waals surface area contributed by atoms with Crippen molar-refractivity contribution in [2.24, 2.45) is 11.7 Å². The number of esters is 1. The van der Waals surface area contributed by atoms with Gasteiger partial charge in [-0.15, -0.1) is 0 Å². The molecule has 14 heavy (non-hydrogen) atoms. The van der Waals surface area contributed by atoms with Crippen molar-refractivity contribution >= 4 is 11.9 Å². The zero-order valence-electron chi connectivity index (χ0n) is 8.74. The van der Waals surface area contributed by atoms with Crippen molar-refractivity contribution in [2.45, 2.75) is 32.8 Å². The zero-order valence-corrected chi connectivity index (χ0v) is 8.74. The summed E-state index contributed by atoms with van der Waals surface area (Å²) >= 11 is 0. The van der Waals surface area contributed by atoms with E-state index in [0.29, 0.717) is 0 Å². The number of rotatable bonds is 4. The molecule has 1 atom stereocenters. The van der Waals surface area contributed by atoms with E-state index < -0.39 is 23.5 Å². The highest BCUT2D eigenvalue weighted by atomic mass is 16.6. The summed E-state index contributed by atoms with van der Waals surface area (Å²) in [6, 6.07) is 0. The summed E-state index contributed by atoms with van der Waals surface area (Å²) in [4.78, 5) is 22.0. The van der Waals surface area contributed by atoms with Crippen molar-refractivity contribution in [3.8, 4) is 0 Å². The van der Waals surface area contributed by atoms with Crippen molar-refractivity contribution in [3.05, 3.63) is 0 Å². The van der Waals surface area contributed by atoms with Gasteiger partial charge in [0.05, 0.1) is 0 Å². The highest BCUT2D eigenvalue weighted by molar-refractivity contribution is 5.94. The quantitative estimate of drug-likeness (QED) is 0.509. The summed E-state index contributed by atoms with van der Waals surface area (Å²) in [5.74, 6) is -3.07. The molecule has 0 bridgehead atoms. The lowest BCUT2D eigenvalue weighted by Gasteiger charge is -2.21. The van der Waals surface area contributed by atoms with Crippen molar-refractivity contribution < 1.29 is 19.4 Å². The van der Waals surface area contributed by atoms with E-state index in [9.17, 15) is 9.59 Å². The molecule has 0 aromatic rings. The van der Waals surface area contributed by atoms with Crippen LogP contribution in [0.2, 0.25) is 0 Å². The Bertz CT molecular complexity index is 219. The fourth-order valence-electron chi connectivity index (χ4n) is 0.882. The average molecular weight is 203 g/mol. The van der Waals surface area contributed by atoms with E-state index in [0.717, 1.165) is 0 Å². The number of carboxylic acids is 1. The first-order valence-corrected chi connectivity index (χ1v) is 4.43. The summed E-state index contributed by atoms with van der Waals surface area (Å²) in [5, 5.41) is 8.72. The Kier molecular flexibility index (Phi) is 4.56. The van der Waals surface area contributed by atoms with Gasteiger partial charge in [-0.3, -0.25) is 9.59 Å². The lowest BCUT2D eigenvalue weighted by atomic mass is 10.1. The zero-order chi connectivity index (χ0) is 11.4. The van der Waals surface area contributed by atoms with Crippen LogP contribution < -0.4 is 5.73 Å². The largest absolute Gasteiger partial charge is 0.481 e. The molecular formula is C9H17NO4. The molecule has 5 heteroatoms. The minimum atomic E-state index is -1.19. The predicted octanol–water partition coefficient (Wildman–Crippen LogP) is 0.378. The van der Waals surface area contributed by atoms with Crippen LogP contribution in [0.15, 0.2) is 0 Å². The molecule has 0 fully saturated rings. The number of carboxylic acid groups (broad SMARTS) is 1. The SMILES string of the molecule is CC(C)(C)OC(=O)[C@H](CCN)C(=O)O. The van der Waals surface area contributed by atoms with Crippen molar-refractivity contribution in [1.82, 2.24) is 0 Å². The molecule has 0 aromatic carbocycles. The number of hydrogen-bond acceptors (Lipinski definition) is 4. The lowest BCUT2D eigenvalue weighted by Crippen LogP contribution is -2.33. The number of carbonyl (C=O) groups is 2. The smallest absolute Gasteiger partial charge is 0.320 e. The monoisotopic (exact) mass is 203 g/mol. The van der Waals surface area contributed by atoms with Crippen LogP contribution >= 0.6 is 0 Å². The van der Waals surface area contributed by atoms with Gasteiger partial charge < -0.3 is 15.6 Å². The Hall–Kier alpha value is -1.10. The van der Waals surface area contributed by atoms with Gasteiger partial charge in [0, 0.05) is 0 Å². The third-order valence-corrected chi connectivity index (χ3v) is 1.44. The fourth-order valence-corrected chi connectivity index (χ4v) is 0.882. The standard InChI is InChI=1S/C9H17NO4/c1-9(2,3)14-8(13)6(4-5-10)7(11)12/h6H,4-5,10H2,1-3H3,(H,11,12)/t6-/m1/s1. The van der Waals surface area contributed by atoms with E-state index >= 15 is 0 Å². The van der Waals surface area contributed by atoms with E-state index in [1.165, 1.54) is 0 Å². The molecule has 0 amide bonds. The maximum atomic E-state index is 11.3. The minimum Gasteiger partial charge on any atom is -0.481 e. The van der Waals surface area contributed by atoms with E-state index in [1.807, 2.05) is 0 Å². The van der Waals surface area contributed by atoms with Gasteiger partial charge in [-0.1, -0.05) is 0 Å². The summed E-state index contributed by atoms with van der Waals surface area (Å²) in [6.45, 7) is 5.21. The van der Waals surface area contributed by atoms with Gasteiger partial charge in [-0.05, 0) is 33.7 Å². The highest BCUT2D eigenvalue weighted by Gasteiger charge is 2.30. The average Bonchev–Trinajstić information content (AvgIpc) is 1.95. The van der Waals surface area contributed by atoms with Gasteiger partial charge in [-0.25, -0.2) is 0 Å². The molecule has 0 rings (SSSR count). The summed E-state index contributed by atoms with van der Waals surface area (Å²) in [5.41, 5.74) is 4.53. The molecule has 0 radical (unpaired) electrons. The van der Waals surface area contributed by atoms with Crippen LogP contribution in [-0.4, -0.2) is 29.2 Å². The third kappa shape index (κ3) is 4.81. The summed E-state index contributed by atoms with van der Waals surface area (Å²) in [7, 11) is 0. The van der Waals surface area contributed by atoms with Crippen LogP contribution in [0.1, 0.15) is 27.2 Å². The topological polar surface area (TPSA) is 89.6 Å². The van der Waals surface area contributed by atoms with Crippen LogP contribution in [0.3, 0.4) is 0 Å². The predicted molar refractivity (Wildman–Crippen MR) is 50.6 cm³/mol. The van der Waals surface area contributed by atoms with Gasteiger partial charge in [-0.2, -0.15) is 0 Å². The first-order chi connectivity index (χ1) is 6.28. The second-order valence-corrected chi connectivity index (χ2v) is 4.00. The number of hydrogen-bond donors (Lipinski definition) is 2. The molecular weight excluding hydrogens is 186 g/mol. The first-order valence-electron chi connectivity index (χ1n) is 4.43. The number of ether oxygens (including phenoxy) is 1. The number of aliphatic carboxylic acids is 1. The minimum absolute atomic E-state index is 0.101. The molecule has 82 valence electrons. The Morgan fingerprint density at radius 1 is 1.43 bits per heavy atom. The van der Waals surface area contributed by atoms with E-state index in [-0.39, 0.29) is 13.0 Å². The van der Waals surface area contributed by atoms with Crippen LogP contribution in [-0.2, 0) is 14.3 Å². The highest BCUT2D eigenvalue weighted by Crippen LogP contribution is 2.13. The van der Waals surface area contributed by atoms with E-state index in [2.05, 4.69) is 0 Å². The molecule has 0 aliphatic rings. The second-order valence-electron chi connectivity index (χ2n) is 4.00. The van der Waals surface area contributed by atoms with Crippen LogP contribution in [0.25, 0.3) is 0 Å². The normalized spacial score (nSPS) is 13.4. The third-order valence-electron chi connectivity index (χ3n) is 1.44. The molecule has 5 nitrogen and oxygen atoms in total. The maximum Gasteiger partial charge on any atom is 0.320 e. The second kappa shape index (κ2) is 4.95. The lowest BCUT2D eigenvalue weighted by molar-refractivity contribution is -0.166. The molecule has 3 N–H and O–H groups in total. The summed E-state index contributed by atoms with van der Waals surface area (Å²) in [6.07, 6.45) is 0.101. The Balaban J connectivity index is 4.38. The van der Waals surface area contributed by atoms with E-state index in [1.54, 1.807) is 20.8 Å². The van der Waals surface area contributed by atoms with Crippen molar-refractivity contribution in [3.63, 3.8) is 0 Å². The Morgan fingerprint density at radius 3 is 2.21 bits per heavy atom. The van der Waals surface area contributed by atoms with Gasteiger partial charge in [0.25, 0.3) is 0 Å². The molecule has 0 saturated carbocycles. The number of carbonyl (C=O) groups excluding carboxylic acids is 1. The van der Waals surface area contributed by atoms with Gasteiger partial charge >= 0.3 is 11.9 Å². The molecule has 0 unspecified atom stereocenters. The van der Waals surface area contributed by atoms with Crippen molar-refractivity contribution in [1.29, 1.82) is 0 Å². The Labute approximate surface area is 83.2 Å². The Morgan fingerprint density at radius 2 is 1.93 bits per heavy atom. The molecule has 0 aliphatic carbocycles. The molecule has 0 spiro atoms. The summed E-state index contributed by atoms with van der Waals surface area (Å²) < 4.78 is 4.94. The van der Waals surface area contributed by atoms with Crippen molar-refractivity contribution in [2.75, 3.05) is 6.54 Å². The molecule has 0 saturated heterocycles. The van der Waals surface area contributed by atoms with Gasteiger partial charge in [0.2, 0.25) is 0 Å². The van der Waals surface area contributed by atoms with Gasteiger partial charge in [0.15, 0.2) is 5.92 Å².